The first kappa shape index (κ1) is 16.8. The van der Waals surface area contributed by atoms with Crippen LogP contribution in [0.5, 0.6) is 0 Å². The van der Waals surface area contributed by atoms with Crippen LogP contribution in [0.1, 0.15) is 64.2 Å². The summed E-state index contributed by atoms with van der Waals surface area (Å²) >= 11 is 0. The minimum Gasteiger partial charge on any atom is -0.342 e. The van der Waals surface area contributed by atoms with E-state index in [-0.39, 0.29) is 5.92 Å². The Balaban J connectivity index is 1.30. The Morgan fingerprint density at radius 3 is 2.04 bits per heavy atom. The van der Waals surface area contributed by atoms with Crippen LogP contribution in [-0.4, -0.2) is 54.0 Å². The second kappa shape index (κ2) is 7.33. The fourth-order valence-corrected chi connectivity index (χ4v) is 5.98. The van der Waals surface area contributed by atoms with Gasteiger partial charge in [0.15, 0.2) is 0 Å². The lowest BCUT2D eigenvalue weighted by atomic mass is 9.65. The van der Waals surface area contributed by atoms with Gasteiger partial charge in [-0.3, -0.25) is 4.79 Å². The van der Waals surface area contributed by atoms with Crippen molar-refractivity contribution in [2.24, 2.45) is 23.5 Å². The summed E-state index contributed by atoms with van der Waals surface area (Å²) in [5.41, 5.74) is 6.40. The Morgan fingerprint density at radius 1 is 0.792 bits per heavy atom. The molecule has 4 aliphatic rings. The van der Waals surface area contributed by atoms with Crippen molar-refractivity contribution in [1.82, 2.24) is 9.80 Å². The van der Waals surface area contributed by atoms with Crippen LogP contribution in [0.15, 0.2) is 0 Å². The molecule has 2 saturated heterocycles. The van der Waals surface area contributed by atoms with E-state index in [1.807, 2.05) is 0 Å². The zero-order valence-electron chi connectivity index (χ0n) is 15.2. The zero-order valence-corrected chi connectivity index (χ0v) is 15.2. The van der Waals surface area contributed by atoms with Crippen molar-refractivity contribution in [2.75, 3.05) is 26.2 Å². The molecule has 0 radical (unpaired) electrons. The molecule has 4 heteroatoms. The molecule has 2 N–H and O–H groups in total. The number of nitrogens with two attached hydrogens (primary N) is 1. The SMILES string of the molecule is NC1C2CCCC1CC(C(=O)N1CCC(N3CCCCC3)CC1)C2. The summed E-state index contributed by atoms with van der Waals surface area (Å²) in [5, 5.41) is 0. The molecule has 24 heavy (non-hydrogen) atoms. The van der Waals surface area contributed by atoms with Gasteiger partial charge in [-0.2, -0.15) is 0 Å². The number of likely N-dealkylation sites (tertiary alicyclic amines) is 2. The number of rotatable bonds is 2. The van der Waals surface area contributed by atoms with Gasteiger partial charge in [-0.25, -0.2) is 0 Å². The summed E-state index contributed by atoms with van der Waals surface area (Å²) < 4.78 is 0. The third kappa shape index (κ3) is 3.37. The third-order valence-corrected chi connectivity index (χ3v) is 7.45. The van der Waals surface area contributed by atoms with Crippen LogP contribution in [0.25, 0.3) is 0 Å². The van der Waals surface area contributed by atoms with Crippen LogP contribution in [0.2, 0.25) is 0 Å². The minimum absolute atomic E-state index is 0.270. The van der Waals surface area contributed by atoms with E-state index in [4.69, 9.17) is 5.73 Å². The smallest absolute Gasteiger partial charge is 0.225 e. The average molecular weight is 334 g/mol. The molecule has 4 nitrogen and oxygen atoms in total. The summed E-state index contributed by atoms with van der Waals surface area (Å²) in [6.07, 6.45) is 12.4. The third-order valence-electron chi connectivity index (χ3n) is 7.45. The highest BCUT2D eigenvalue weighted by Gasteiger charge is 2.42. The number of hydrogen-bond acceptors (Lipinski definition) is 3. The van der Waals surface area contributed by atoms with Gasteiger partial charge in [0, 0.05) is 31.1 Å². The quantitative estimate of drug-likeness (QED) is 0.845. The second-order valence-electron chi connectivity index (χ2n) is 8.85. The maximum atomic E-state index is 13.0. The van der Waals surface area contributed by atoms with Crippen LogP contribution >= 0.6 is 0 Å². The Kier molecular flexibility index (Phi) is 5.14. The molecule has 2 aliphatic heterocycles. The van der Waals surface area contributed by atoms with Crippen molar-refractivity contribution in [3.63, 3.8) is 0 Å². The van der Waals surface area contributed by atoms with Gasteiger partial charge in [0.2, 0.25) is 5.91 Å². The maximum Gasteiger partial charge on any atom is 0.225 e. The monoisotopic (exact) mass is 333 g/mol. The van der Waals surface area contributed by atoms with Crippen LogP contribution in [0.4, 0.5) is 0 Å². The Bertz CT molecular complexity index is 426. The van der Waals surface area contributed by atoms with Gasteiger partial charge in [0.25, 0.3) is 0 Å². The molecule has 2 bridgehead atoms. The van der Waals surface area contributed by atoms with Gasteiger partial charge in [-0.1, -0.05) is 12.8 Å². The van der Waals surface area contributed by atoms with Gasteiger partial charge in [0.05, 0.1) is 0 Å². The van der Waals surface area contributed by atoms with Crippen molar-refractivity contribution in [1.29, 1.82) is 0 Å². The van der Waals surface area contributed by atoms with Crippen molar-refractivity contribution in [3.8, 4) is 0 Å². The molecular weight excluding hydrogens is 298 g/mol. The number of piperidine rings is 2. The molecule has 2 atom stereocenters. The number of nitrogens with zero attached hydrogens (tertiary/aromatic N) is 2. The molecule has 0 aromatic heterocycles. The lowest BCUT2D eigenvalue weighted by Gasteiger charge is -2.46. The number of carbonyl (C=O) groups excluding carboxylic acids is 1. The highest BCUT2D eigenvalue weighted by molar-refractivity contribution is 5.79. The van der Waals surface area contributed by atoms with E-state index in [2.05, 4.69) is 9.80 Å². The predicted octanol–water partition coefficient (Wildman–Crippen LogP) is 2.62. The predicted molar refractivity (Wildman–Crippen MR) is 96.6 cm³/mol. The molecular formula is C20H35N3O. The van der Waals surface area contributed by atoms with Gasteiger partial charge in [0.1, 0.15) is 0 Å². The highest BCUT2D eigenvalue weighted by Crippen LogP contribution is 2.42. The second-order valence-corrected chi connectivity index (χ2v) is 8.85. The fourth-order valence-electron chi connectivity index (χ4n) is 5.98. The van der Waals surface area contributed by atoms with Gasteiger partial charge < -0.3 is 15.5 Å². The zero-order chi connectivity index (χ0) is 16.5. The molecule has 4 fully saturated rings. The summed E-state index contributed by atoms with van der Waals surface area (Å²) in [6.45, 7) is 4.53. The van der Waals surface area contributed by atoms with E-state index in [0.29, 0.717) is 23.8 Å². The lowest BCUT2D eigenvalue weighted by molar-refractivity contribution is -0.140. The minimum atomic E-state index is 0.270. The summed E-state index contributed by atoms with van der Waals surface area (Å²) in [4.78, 5) is 17.9. The maximum absolute atomic E-state index is 13.0. The van der Waals surface area contributed by atoms with Crippen molar-refractivity contribution >= 4 is 5.91 Å². The largest absolute Gasteiger partial charge is 0.342 e. The molecule has 136 valence electrons. The molecule has 2 unspecified atom stereocenters. The van der Waals surface area contributed by atoms with Crippen LogP contribution in [0.3, 0.4) is 0 Å². The first-order valence-electron chi connectivity index (χ1n) is 10.5. The van der Waals surface area contributed by atoms with E-state index in [1.165, 1.54) is 64.5 Å². The highest BCUT2D eigenvalue weighted by atomic mass is 16.2. The van der Waals surface area contributed by atoms with E-state index < -0.39 is 0 Å². The first-order valence-corrected chi connectivity index (χ1v) is 10.5. The number of amides is 1. The molecule has 2 saturated carbocycles. The van der Waals surface area contributed by atoms with E-state index >= 15 is 0 Å². The molecule has 2 aliphatic carbocycles. The van der Waals surface area contributed by atoms with E-state index in [0.717, 1.165) is 32.0 Å². The molecule has 0 aromatic carbocycles. The van der Waals surface area contributed by atoms with Crippen LogP contribution < -0.4 is 5.73 Å². The molecule has 2 heterocycles. The molecule has 0 aromatic rings. The number of carbonyl (C=O) groups is 1. The standard InChI is InChI=1S/C20H35N3O/c21-19-15-5-4-6-16(19)14-17(13-15)20(24)23-11-7-18(8-12-23)22-9-2-1-3-10-22/h15-19H,1-14,21H2. The first-order chi connectivity index (χ1) is 11.7. The van der Waals surface area contributed by atoms with Crippen LogP contribution in [0, 0.1) is 17.8 Å². The van der Waals surface area contributed by atoms with Gasteiger partial charge >= 0.3 is 0 Å². The molecule has 1 amide bonds. The van der Waals surface area contributed by atoms with Crippen molar-refractivity contribution < 1.29 is 4.79 Å². The Hall–Kier alpha value is -0.610. The van der Waals surface area contributed by atoms with Crippen molar-refractivity contribution in [3.05, 3.63) is 0 Å². The summed E-state index contributed by atoms with van der Waals surface area (Å²) in [5.74, 6) is 1.94. The summed E-state index contributed by atoms with van der Waals surface area (Å²) in [6, 6.07) is 1.10. The van der Waals surface area contributed by atoms with E-state index in [9.17, 15) is 4.79 Å². The van der Waals surface area contributed by atoms with Gasteiger partial charge in [-0.15, -0.1) is 0 Å². The lowest BCUT2D eigenvalue weighted by Crippen LogP contribution is -2.52. The van der Waals surface area contributed by atoms with Crippen LogP contribution in [-0.2, 0) is 4.79 Å². The van der Waals surface area contributed by atoms with Gasteiger partial charge in [-0.05, 0) is 76.3 Å². The fraction of sp³-hybridized carbons (Fsp3) is 0.950. The Labute approximate surface area is 147 Å². The normalized spacial score (nSPS) is 39.0. The number of hydrogen-bond donors (Lipinski definition) is 1. The van der Waals surface area contributed by atoms with Crippen molar-refractivity contribution in [2.45, 2.75) is 76.3 Å². The summed E-state index contributed by atoms with van der Waals surface area (Å²) in [7, 11) is 0. The topological polar surface area (TPSA) is 49.6 Å². The van der Waals surface area contributed by atoms with E-state index in [1.54, 1.807) is 0 Å². The number of fused-ring (bicyclic) bond motifs is 2. The molecule has 4 rings (SSSR count). The molecule has 0 spiro atoms. The Morgan fingerprint density at radius 2 is 1.42 bits per heavy atom. The average Bonchev–Trinajstić information content (AvgIpc) is 2.62.